The second kappa shape index (κ2) is 5.31. The molecule has 1 amide bonds. The predicted molar refractivity (Wildman–Crippen MR) is 67.9 cm³/mol. The van der Waals surface area contributed by atoms with E-state index in [4.69, 9.17) is 5.11 Å². The van der Waals surface area contributed by atoms with E-state index in [2.05, 4.69) is 21.2 Å². The van der Waals surface area contributed by atoms with E-state index < -0.39 is 11.4 Å². The van der Waals surface area contributed by atoms with Gasteiger partial charge in [0.1, 0.15) is 0 Å². The molecule has 0 bridgehead atoms. The van der Waals surface area contributed by atoms with E-state index in [-0.39, 0.29) is 12.5 Å². The summed E-state index contributed by atoms with van der Waals surface area (Å²) in [6.45, 7) is 3.22. The standard InChI is InChI=1S/C12H14BrNO3/c1-12(2,11(16)17)7-14-10(15)8-4-3-5-9(13)6-8/h3-6H,7H2,1-2H3,(H,14,15)(H,16,17). The number of carboxylic acids is 1. The summed E-state index contributed by atoms with van der Waals surface area (Å²) < 4.78 is 0.808. The first-order valence-corrected chi connectivity index (χ1v) is 5.89. The lowest BCUT2D eigenvalue weighted by Gasteiger charge is -2.19. The molecule has 0 aliphatic rings. The Morgan fingerprint density at radius 3 is 2.59 bits per heavy atom. The Balaban J connectivity index is 2.65. The van der Waals surface area contributed by atoms with Gasteiger partial charge in [-0.1, -0.05) is 22.0 Å². The molecule has 0 aliphatic carbocycles. The molecule has 2 N–H and O–H groups in total. The van der Waals surface area contributed by atoms with Gasteiger partial charge in [0.2, 0.25) is 0 Å². The van der Waals surface area contributed by atoms with Gasteiger partial charge in [0.25, 0.3) is 5.91 Å². The Morgan fingerprint density at radius 1 is 1.41 bits per heavy atom. The average Bonchev–Trinajstić information content (AvgIpc) is 2.25. The average molecular weight is 300 g/mol. The number of rotatable bonds is 4. The Kier molecular flexibility index (Phi) is 4.28. The van der Waals surface area contributed by atoms with Crippen molar-refractivity contribution in [3.05, 3.63) is 34.3 Å². The number of hydrogen-bond acceptors (Lipinski definition) is 2. The minimum absolute atomic E-state index is 0.0910. The maximum absolute atomic E-state index is 11.7. The Labute approximate surface area is 108 Å². The van der Waals surface area contributed by atoms with Crippen molar-refractivity contribution in [3.63, 3.8) is 0 Å². The van der Waals surface area contributed by atoms with Gasteiger partial charge in [0.05, 0.1) is 5.41 Å². The zero-order valence-corrected chi connectivity index (χ0v) is 11.2. The van der Waals surface area contributed by atoms with Crippen LogP contribution in [-0.2, 0) is 4.79 Å². The molecule has 0 aliphatic heterocycles. The fourth-order valence-electron chi connectivity index (χ4n) is 1.11. The number of amides is 1. The minimum Gasteiger partial charge on any atom is -0.481 e. The Hall–Kier alpha value is -1.36. The molecular weight excluding hydrogens is 286 g/mol. The van der Waals surface area contributed by atoms with Gasteiger partial charge in [-0.05, 0) is 32.0 Å². The van der Waals surface area contributed by atoms with Gasteiger partial charge in [0.15, 0.2) is 0 Å². The van der Waals surface area contributed by atoms with Crippen LogP contribution in [0.15, 0.2) is 28.7 Å². The van der Waals surface area contributed by atoms with Crippen LogP contribution in [0.25, 0.3) is 0 Å². The number of benzene rings is 1. The fraction of sp³-hybridized carbons (Fsp3) is 0.333. The van der Waals surface area contributed by atoms with Gasteiger partial charge in [-0.25, -0.2) is 0 Å². The lowest BCUT2D eigenvalue weighted by atomic mass is 9.94. The minimum atomic E-state index is -0.971. The molecule has 0 atom stereocenters. The molecule has 0 unspecified atom stereocenters. The third-order valence-corrected chi connectivity index (χ3v) is 2.85. The van der Waals surface area contributed by atoms with E-state index in [1.807, 2.05) is 6.07 Å². The van der Waals surface area contributed by atoms with Crippen molar-refractivity contribution in [1.29, 1.82) is 0 Å². The van der Waals surface area contributed by atoms with Gasteiger partial charge < -0.3 is 10.4 Å². The number of carboxylic acid groups (broad SMARTS) is 1. The van der Waals surface area contributed by atoms with E-state index in [1.54, 1.807) is 32.0 Å². The predicted octanol–water partition coefficient (Wildman–Crippen LogP) is 2.29. The van der Waals surface area contributed by atoms with Crippen molar-refractivity contribution in [2.24, 2.45) is 5.41 Å². The van der Waals surface area contributed by atoms with Crippen molar-refractivity contribution in [3.8, 4) is 0 Å². The van der Waals surface area contributed by atoms with Crippen LogP contribution in [0, 0.1) is 5.41 Å². The lowest BCUT2D eigenvalue weighted by Crippen LogP contribution is -2.38. The van der Waals surface area contributed by atoms with Crippen molar-refractivity contribution in [2.45, 2.75) is 13.8 Å². The molecule has 0 fully saturated rings. The molecule has 1 aromatic carbocycles. The monoisotopic (exact) mass is 299 g/mol. The number of aliphatic carboxylic acids is 1. The summed E-state index contributed by atoms with van der Waals surface area (Å²) in [6, 6.07) is 6.93. The van der Waals surface area contributed by atoms with Crippen molar-refractivity contribution >= 4 is 27.8 Å². The summed E-state index contributed by atoms with van der Waals surface area (Å²) in [6.07, 6.45) is 0. The first kappa shape index (κ1) is 13.7. The number of carbonyl (C=O) groups excluding carboxylic acids is 1. The summed E-state index contributed by atoms with van der Waals surface area (Å²) >= 11 is 3.27. The molecule has 92 valence electrons. The van der Waals surface area contributed by atoms with Gasteiger partial charge >= 0.3 is 5.97 Å². The van der Waals surface area contributed by atoms with E-state index in [9.17, 15) is 9.59 Å². The molecule has 17 heavy (non-hydrogen) atoms. The topological polar surface area (TPSA) is 66.4 Å². The largest absolute Gasteiger partial charge is 0.481 e. The van der Waals surface area contributed by atoms with Crippen LogP contribution in [0.3, 0.4) is 0 Å². The number of hydrogen-bond donors (Lipinski definition) is 2. The van der Waals surface area contributed by atoms with Crippen LogP contribution < -0.4 is 5.32 Å². The first-order chi connectivity index (χ1) is 7.83. The van der Waals surface area contributed by atoms with Gasteiger partial charge in [-0.15, -0.1) is 0 Å². The molecule has 1 aromatic rings. The lowest BCUT2D eigenvalue weighted by molar-refractivity contribution is -0.146. The van der Waals surface area contributed by atoms with E-state index in [0.29, 0.717) is 5.56 Å². The molecule has 4 nitrogen and oxygen atoms in total. The highest BCUT2D eigenvalue weighted by Gasteiger charge is 2.27. The van der Waals surface area contributed by atoms with Gasteiger partial charge in [0, 0.05) is 16.6 Å². The van der Waals surface area contributed by atoms with Crippen LogP contribution in [0.2, 0.25) is 0 Å². The molecule has 0 heterocycles. The quantitative estimate of drug-likeness (QED) is 0.896. The first-order valence-electron chi connectivity index (χ1n) is 5.10. The normalized spacial score (nSPS) is 11.0. The maximum atomic E-state index is 11.7. The Morgan fingerprint density at radius 2 is 2.06 bits per heavy atom. The number of nitrogens with one attached hydrogen (secondary N) is 1. The summed E-state index contributed by atoms with van der Waals surface area (Å²) in [5.74, 6) is -1.22. The highest BCUT2D eigenvalue weighted by molar-refractivity contribution is 9.10. The third kappa shape index (κ3) is 3.85. The summed E-state index contributed by atoms with van der Waals surface area (Å²) in [4.78, 5) is 22.6. The molecule has 0 aromatic heterocycles. The molecule has 1 rings (SSSR count). The van der Waals surface area contributed by atoms with E-state index in [0.717, 1.165) is 4.47 Å². The molecule has 0 saturated heterocycles. The van der Waals surface area contributed by atoms with Gasteiger partial charge in [-0.2, -0.15) is 0 Å². The summed E-state index contributed by atoms with van der Waals surface area (Å²) in [5, 5.41) is 11.5. The zero-order chi connectivity index (χ0) is 13.1. The number of halogens is 1. The van der Waals surface area contributed by atoms with Crippen LogP contribution in [0.1, 0.15) is 24.2 Å². The fourth-order valence-corrected chi connectivity index (χ4v) is 1.51. The highest BCUT2D eigenvalue weighted by Crippen LogP contribution is 2.15. The summed E-state index contributed by atoms with van der Waals surface area (Å²) in [7, 11) is 0. The third-order valence-electron chi connectivity index (χ3n) is 2.36. The summed E-state index contributed by atoms with van der Waals surface area (Å²) in [5.41, 5.74) is -0.470. The zero-order valence-electron chi connectivity index (χ0n) is 9.66. The van der Waals surface area contributed by atoms with Crippen LogP contribution >= 0.6 is 15.9 Å². The van der Waals surface area contributed by atoms with Crippen molar-refractivity contribution in [2.75, 3.05) is 6.54 Å². The van der Waals surface area contributed by atoms with Crippen LogP contribution in [0.4, 0.5) is 0 Å². The van der Waals surface area contributed by atoms with E-state index >= 15 is 0 Å². The maximum Gasteiger partial charge on any atom is 0.310 e. The van der Waals surface area contributed by atoms with E-state index in [1.165, 1.54) is 0 Å². The SMILES string of the molecule is CC(C)(CNC(=O)c1cccc(Br)c1)C(=O)O. The molecule has 0 spiro atoms. The molecular formula is C12H14BrNO3. The van der Waals surface area contributed by atoms with Crippen LogP contribution in [0.5, 0.6) is 0 Å². The second-order valence-corrected chi connectivity index (χ2v) is 5.30. The van der Waals surface area contributed by atoms with Gasteiger partial charge in [-0.3, -0.25) is 9.59 Å². The smallest absolute Gasteiger partial charge is 0.310 e. The Bertz CT molecular complexity index is 443. The second-order valence-electron chi connectivity index (χ2n) is 4.38. The number of carbonyl (C=O) groups is 2. The van der Waals surface area contributed by atoms with Crippen molar-refractivity contribution in [1.82, 2.24) is 5.32 Å². The molecule has 5 heteroatoms. The molecule has 0 saturated carbocycles. The van der Waals surface area contributed by atoms with Crippen molar-refractivity contribution < 1.29 is 14.7 Å². The highest BCUT2D eigenvalue weighted by atomic mass is 79.9. The molecule has 0 radical (unpaired) electrons. The van der Waals surface area contributed by atoms with Crippen LogP contribution in [-0.4, -0.2) is 23.5 Å².